The Labute approximate surface area is 120 Å². The van der Waals surface area contributed by atoms with Crippen LogP contribution in [0, 0.1) is 13.8 Å². The number of aromatic hydroxyl groups is 2. The van der Waals surface area contributed by atoms with Crippen LogP contribution >= 0.6 is 0 Å². The van der Waals surface area contributed by atoms with Crippen LogP contribution in [-0.4, -0.2) is 10.2 Å². The molecule has 0 saturated heterocycles. The largest absolute Gasteiger partial charge is 0.508 e. The summed E-state index contributed by atoms with van der Waals surface area (Å²) in [5.74, 6) is 1.17. The van der Waals surface area contributed by atoms with Crippen molar-refractivity contribution in [1.82, 2.24) is 0 Å². The van der Waals surface area contributed by atoms with E-state index in [0.717, 1.165) is 5.56 Å². The third-order valence-corrected chi connectivity index (χ3v) is 3.54. The molecule has 0 bridgehead atoms. The van der Waals surface area contributed by atoms with Crippen LogP contribution in [0.3, 0.4) is 0 Å². The number of rotatable bonds is 1. The van der Waals surface area contributed by atoms with Crippen molar-refractivity contribution in [2.24, 2.45) is 0 Å². The summed E-state index contributed by atoms with van der Waals surface area (Å²) in [7, 11) is 0. The molecule has 4 heteroatoms. The van der Waals surface area contributed by atoms with Gasteiger partial charge in [0.25, 0.3) is 0 Å². The van der Waals surface area contributed by atoms with Gasteiger partial charge >= 0.3 is 0 Å². The van der Waals surface area contributed by atoms with Gasteiger partial charge in [0.1, 0.15) is 23.0 Å². The van der Waals surface area contributed by atoms with Crippen LogP contribution in [0.4, 0.5) is 0 Å². The molecule has 1 heterocycles. The van der Waals surface area contributed by atoms with Crippen LogP contribution in [0.25, 0.3) is 21.9 Å². The lowest BCUT2D eigenvalue weighted by Gasteiger charge is -1.99. The average molecular weight is 282 g/mol. The highest BCUT2D eigenvalue weighted by molar-refractivity contribution is 5.92. The van der Waals surface area contributed by atoms with Crippen LogP contribution in [-0.2, 0) is 0 Å². The fourth-order valence-corrected chi connectivity index (χ4v) is 2.58. The predicted octanol–water partition coefficient (Wildman–Crippen LogP) is 3.49. The Morgan fingerprint density at radius 2 is 1.48 bits per heavy atom. The fourth-order valence-electron chi connectivity index (χ4n) is 2.58. The molecule has 0 aliphatic carbocycles. The quantitative estimate of drug-likeness (QED) is 0.716. The monoisotopic (exact) mass is 282 g/mol. The summed E-state index contributed by atoms with van der Waals surface area (Å²) in [6.45, 7) is 3.42. The zero-order valence-corrected chi connectivity index (χ0v) is 11.7. The second kappa shape index (κ2) is 4.66. The Morgan fingerprint density at radius 3 is 2.14 bits per heavy atom. The summed E-state index contributed by atoms with van der Waals surface area (Å²) in [4.78, 5) is 12.4. The van der Waals surface area contributed by atoms with Crippen LogP contribution in [0.2, 0.25) is 0 Å². The molecule has 3 aromatic rings. The van der Waals surface area contributed by atoms with E-state index in [1.165, 1.54) is 24.3 Å². The number of hydrogen-bond donors (Lipinski definition) is 2. The molecular formula is C17H14O4. The standard InChI is InChI=1S/C17H14O4/c1-9-16-14(19)7-12(11-3-5-13(18)6-4-11)8-15(20)17(16)10(2)21-9/h3-8,18-19H,1-2H3. The third-order valence-electron chi connectivity index (χ3n) is 3.54. The first-order valence-corrected chi connectivity index (χ1v) is 6.54. The van der Waals surface area contributed by atoms with Gasteiger partial charge in [-0.2, -0.15) is 0 Å². The summed E-state index contributed by atoms with van der Waals surface area (Å²) >= 11 is 0. The summed E-state index contributed by atoms with van der Waals surface area (Å²) in [5.41, 5.74) is 1.13. The van der Waals surface area contributed by atoms with E-state index in [4.69, 9.17) is 4.42 Å². The minimum absolute atomic E-state index is 0.00419. The van der Waals surface area contributed by atoms with E-state index in [-0.39, 0.29) is 16.9 Å². The Bertz CT molecular complexity index is 889. The Hall–Kier alpha value is -2.75. The van der Waals surface area contributed by atoms with E-state index < -0.39 is 0 Å². The van der Waals surface area contributed by atoms with E-state index in [2.05, 4.69) is 0 Å². The van der Waals surface area contributed by atoms with Crippen molar-refractivity contribution in [1.29, 1.82) is 0 Å². The fraction of sp³-hybridized carbons (Fsp3) is 0.118. The highest BCUT2D eigenvalue weighted by atomic mass is 16.3. The van der Waals surface area contributed by atoms with Crippen LogP contribution in [0.5, 0.6) is 11.5 Å². The first-order chi connectivity index (χ1) is 9.97. The highest BCUT2D eigenvalue weighted by Gasteiger charge is 2.14. The van der Waals surface area contributed by atoms with E-state index in [9.17, 15) is 15.0 Å². The highest BCUT2D eigenvalue weighted by Crippen LogP contribution is 2.32. The van der Waals surface area contributed by atoms with Gasteiger partial charge in [-0.3, -0.25) is 4.79 Å². The minimum atomic E-state index is -0.206. The lowest BCUT2D eigenvalue weighted by atomic mass is 10.1. The van der Waals surface area contributed by atoms with Crippen molar-refractivity contribution in [2.75, 3.05) is 0 Å². The van der Waals surface area contributed by atoms with E-state index >= 15 is 0 Å². The summed E-state index contributed by atoms with van der Waals surface area (Å²) in [5, 5.41) is 20.5. The minimum Gasteiger partial charge on any atom is -0.508 e. The predicted molar refractivity (Wildman–Crippen MR) is 80.7 cm³/mol. The Kier molecular flexibility index (Phi) is 2.94. The molecule has 0 fully saturated rings. The second-order valence-electron chi connectivity index (χ2n) is 5.00. The number of fused-ring (bicyclic) bond motifs is 1. The van der Waals surface area contributed by atoms with Gasteiger partial charge in [0.15, 0.2) is 5.43 Å². The van der Waals surface area contributed by atoms with Crippen molar-refractivity contribution in [3.05, 3.63) is 58.1 Å². The molecule has 21 heavy (non-hydrogen) atoms. The summed E-state index contributed by atoms with van der Waals surface area (Å²) in [6, 6.07) is 9.47. The van der Waals surface area contributed by atoms with Gasteiger partial charge in [-0.05, 0) is 49.2 Å². The van der Waals surface area contributed by atoms with Gasteiger partial charge in [-0.15, -0.1) is 0 Å². The number of phenolic OH excluding ortho intramolecular Hbond substituents is 1. The molecular weight excluding hydrogens is 268 g/mol. The number of hydrogen-bond acceptors (Lipinski definition) is 4. The first kappa shape index (κ1) is 13.2. The SMILES string of the molecule is Cc1oc(C)c2c(=O)cc(-c3ccc(O)cc3)cc(O)c12. The topological polar surface area (TPSA) is 70.7 Å². The van der Waals surface area contributed by atoms with E-state index in [1.807, 2.05) is 0 Å². The van der Waals surface area contributed by atoms with Gasteiger partial charge in [-0.25, -0.2) is 0 Å². The van der Waals surface area contributed by atoms with Crippen molar-refractivity contribution < 1.29 is 14.6 Å². The van der Waals surface area contributed by atoms with Gasteiger partial charge in [0.2, 0.25) is 0 Å². The molecule has 0 aliphatic heterocycles. The zero-order chi connectivity index (χ0) is 15.1. The van der Waals surface area contributed by atoms with Gasteiger partial charge in [0, 0.05) is 0 Å². The van der Waals surface area contributed by atoms with Crippen molar-refractivity contribution >= 4 is 10.8 Å². The maximum Gasteiger partial charge on any atom is 0.190 e. The number of furan rings is 1. The average Bonchev–Trinajstić information content (AvgIpc) is 2.65. The number of benzene rings is 1. The molecule has 0 radical (unpaired) electrons. The van der Waals surface area contributed by atoms with Gasteiger partial charge < -0.3 is 14.6 Å². The van der Waals surface area contributed by atoms with Crippen LogP contribution in [0.1, 0.15) is 11.5 Å². The second-order valence-corrected chi connectivity index (χ2v) is 5.00. The van der Waals surface area contributed by atoms with Crippen molar-refractivity contribution in [3.63, 3.8) is 0 Å². The molecule has 0 atom stereocenters. The Balaban J connectivity index is 2.38. The van der Waals surface area contributed by atoms with E-state index in [0.29, 0.717) is 27.9 Å². The molecule has 2 N–H and O–H groups in total. The summed E-state index contributed by atoms with van der Waals surface area (Å²) in [6.07, 6.45) is 0. The van der Waals surface area contributed by atoms with Gasteiger partial charge in [0.05, 0.1) is 10.8 Å². The maximum atomic E-state index is 12.4. The van der Waals surface area contributed by atoms with Crippen LogP contribution < -0.4 is 5.43 Å². The normalized spacial score (nSPS) is 11.0. The van der Waals surface area contributed by atoms with Crippen LogP contribution in [0.15, 0.2) is 45.6 Å². The summed E-state index contributed by atoms with van der Waals surface area (Å²) < 4.78 is 5.44. The maximum absolute atomic E-state index is 12.4. The van der Waals surface area contributed by atoms with Crippen molar-refractivity contribution in [3.8, 4) is 22.6 Å². The van der Waals surface area contributed by atoms with E-state index in [1.54, 1.807) is 26.0 Å². The lowest BCUT2D eigenvalue weighted by Crippen LogP contribution is -1.95. The molecule has 0 aliphatic rings. The molecule has 0 saturated carbocycles. The molecule has 0 unspecified atom stereocenters. The Morgan fingerprint density at radius 1 is 0.857 bits per heavy atom. The van der Waals surface area contributed by atoms with Crippen molar-refractivity contribution in [2.45, 2.75) is 13.8 Å². The number of phenols is 1. The molecule has 0 amide bonds. The molecule has 106 valence electrons. The molecule has 0 spiro atoms. The molecule has 1 aromatic heterocycles. The molecule has 2 aromatic carbocycles. The first-order valence-electron chi connectivity index (χ1n) is 6.54. The smallest absolute Gasteiger partial charge is 0.190 e. The third kappa shape index (κ3) is 2.14. The number of aryl methyl sites for hydroxylation is 2. The molecule has 4 nitrogen and oxygen atoms in total. The zero-order valence-electron chi connectivity index (χ0n) is 11.7. The van der Waals surface area contributed by atoms with Gasteiger partial charge in [-0.1, -0.05) is 12.1 Å². The molecule has 3 rings (SSSR count). The lowest BCUT2D eigenvalue weighted by molar-refractivity contribution is 0.475.